The van der Waals surface area contributed by atoms with E-state index in [-0.39, 0.29) is 16.5 Å². The Morgan fingerprint density at radius 3 is 2.50 bits per heavy atom. The van der Waals surface area contributed by atoms with Crippen molar-refractivity contribution >= 4 is 52.1 Å². The summed E-state index contributed by atoms with van der Waals surface area (Å²) in [4.78, 5) is 25.5. The van der Waals surface area contributed by atoms with Crippen LogP contribution in [-0.4, -0.2) is 11.8 Å². The zero-order valence-electron chi connectivity index (χ0n) is 13.7. The van der Waals surface area contributed by atoms with Crippen molar-refractivity contribution in [2.45, 2.75) is 6.92 Å². The molecule has 2 amide bonds. The number of halogens is 2. The zero-order chi connectivity index (χ0) is 19.3. The minimum atomic E-state index is -0.693. The number of nitrogens with zero attached hydrogens (tertiary/aromatic N) is 2. The van der Waals surface area contributed by atoms with E-state index in [0.29, 0.717) is 22.1 Å². The number of nitrogens with two attached hydrogens (primary N) is 1. The minimum Gasteiger partial charge on any atom is -0.399 e. The Labute approximate surface area is 160 Å². The van der Waals surface area contributed by atoms with E-state index in [1.54, 1.807) is 36.4 Å². The Bertz CT molecular complexity index is 935. The number of nitrogens with one attached hydrogen (secondary N) is 1. The predicted octanol–water partition coefficient (Wildman–Crippen LogP) is 3.97. The lowest BCUT2D eigenvalue weighted by Crippen LogP contribution is -2.25. The van der Waals surface area contributed by atoms with Crippen molar-refractivity contribution < 1.29 is 9.59 Å². The summed E-state index contributed by atoms with van der Waals surface area (Å²) in [6, 6.07) is 12.8. The maximum Gasteiger partial charge on any atom is 0.267 e. The Morgan fingerprint density at radius 1 is 1.19 bits per heavy atom. The molecule has 26 heavy (non-hydrogen) atoms. The Hall–Kier alpha value is -3.01. The molecule has 0 bridgehead atoms. The first-order chi connectivity index (χ1) is 12.3. The number of carbonyl (C=O) groups excluding carboxylic acids is 2. The highest BCUT2D eigenvalue weighted by Crippen LogP contribution is 2.25. The first kappa shape index (κ1) is 19.3. The van der Waals surface area contributed by atoms with Gasteiger partial charge in [0.2, 0.25) is 5.91 Å². The number of nitriles is 1. The van der Waals surface area contributed by atoms with E-state index < -0.39 is 5.91 Å². The molecular weight excluding hydrogens is 375 g/mol. The van der Waals surface area contributed by atoms with Gasteiger partial charge in [-0.2, -0.15) is 5.26 Å². The molecule has 2 rings (SSSR count). The third kappa shape index (κ3) is 4.76. The van der Waals surface area contributed by atoms with Crippen LogP contribution < -0.4 is 16.0 Å². The molecule has 3 N–H and O–H groups in total. The standard InChI is InChI=1S/C18H14Cl2N4O2/c1-11(25)24(15-4-2-3-13(22)7-15)10-12(9-21)18(26)23-14-5-6-16(19)17(20)8-14/h2-8,10H,22H2,1H3,(H,23,26)/b12-10-. The molecule has 6 nitrogen and oxygen atoms in total. The van der Waals surface area contributed by atoms with Crippen LogP contribution in [0.3, 0.4) is 0 Å². The molecule has 0 radical (unpaired) electrons. The summed E-state index contributed by atoms with van der Waals surface area (Å²) in [5.74, 6) is -1.08. The molecule has 0 aliphatic heterocycles. The van der Waals surface area contributed by atoms with E-state index in [0.717, 1.165) is 6.20 Å². The number of hydrogen-bond donors (Lipinski definition) is 2. The van der Waals surface area contributed by atoms with Crippen LogP contribution in [0.2, 0.25) is 10.0 Å². The molecule has 2 aromatic carbocycles. The van der Waals surface area contributed by atoms with Crippen LogP contribution in [0, 0.1) is 11.3 Å². The van der Waals surface area contributed by atoms with E-state index in [9.17, 15) is 14.9 Å². The number of rotatable bonds is 4. The second kappa shape index (κ2) is 8.39. The van der Waals surface area contributed by atoms with E-state index in [1.165, 1.54) is 24.0 Å². The second-order valence-electron chi connectivity index (χ2n) is 5.22. The number of anilines is 3. The number of hydrogen-bond acceptors (Lipinski definition) is 4. The lowest BCUT2D eigenvalue weighted by atomic mass is 10.2. The highest BCUT2D eigenvalue weighted by Gasteiger charge is 2.16. The van der Waals surface area contributed by atoms with Crippen molar-refractivity contribution in [3.8, 4) is 6.07 Å². The normalized spacial score (nSPS) is 10.8. The third-order valence-electron chi connectivity index (χ3n) is 3.29. The molecule has 0 heterocycles. The molecule has 0 aliphatic rings. The van der Waals surface area contributed by atoms with E-state index in [2.05, 4.69) is 5.32 Å². The molecule has 0 unspecified atom stereocenters. The van der Waals surface area contributed by atoms with Crippen molar-refractivity contribution in [1.29, 1.82) is 5.26 Å². The topological polar surface area (TPSA) is 99.2 Å². The van der Waals surface area contributed by atoms with Gasteiger partial charge in [0.05, 0.1) is 15.7 Å². The fourth-order valence-corrected chi connectivity index (χ4v) is 2.36. The molecule has 8 heteroatoms. The van der Waals surface area contributed by atoms with Gasteiger partial charge in [0.25, 0.3) is 5.91 Å². The number of carbonyl (C=O) groups is 2. The highest BCUT2D eigenvalue weighted by molar-refractivity contribution is 6.42. The molecule has 0 spiro atoms. The van der Waals surface area contributed by atoms with Crippen molar-refractivity contribution in [2.75, 3.05) is 16.0 Å². The molecular formula is C18H14Cl2N4O2. The summed E-state index contributed by atoms with van der Waals surface area (Å²) < 4.78 is 0. The van der Waals surface area contributed by atoms with Crippen molar-refractivity contribution in [3.63, 3.8) is 0 Å². The monoisotopic (exact) mass is 388 g/mol. The van der Waals surface area contributed by atoms with Gasteiger partial charge in [-0.25, -0.2) is 0 Å². The lowest BCUT2D eigenvalue weighted by Gasteiger charge is -2.17. The SMILES string of the molecule is CC(=O)N(/C=C(/C#N)C(=O)Nc1ccc(Cl)c(Cl)c1)c1cccc(N)c1. The van der Waals surface area contributed by atoms with Crippen molar-refractivity contribution in [3.05, 3.63) is 64.3 Å². The van der Waals surface area contributed by atoms with Gasteiger partial charge < -0.3 is 11.1 Å². The number of benzene rings is 2. The average Bonchev–Trinajstić information content (AvgIpc) is 2.58. The summed E-state index contributed by atoms with van der Waals surface area (Å²) in [6.07, 6.45) is 1.16. The molecule has 0 saturated carbocycles. The first-order valence-electron chi connectivity index (χ1n) is 7.35. The summed E-state index contributed by atoms with van der Waals surface area (Å²) >= 11 is 11.7. The summed E-state index contributed by atoms with van der Waals surface area (Å²) in [7, 11) is 0. The van der Waals surface area contributed by atoms with Crippen molar-refractivity contribution in [2.24, 2.45) is 0 Å². The van der Waals surface area contributed by atoms with Crippen LogP contribution in [-0.2, 0) is 9.59 Å². The lowest BCUT2D eigenvalue weighted by molar-refractivity contribution is -0.116. The van der Waals surface area contributed by atoms with Gasteiger partial charge in [-0.3, -0.25) is 14.5 Å². The predicted molar refractivity (Wildman–Crippen MR) is 103 cm³/mol. The van der Waals surface area contributed by atoms with Gasteiger partial charge in [-0.1, -0.05) is 29.3 Å². The molecule has 2 aromatic rings. The quantitative estimate of drug-likeness (QED) is 0.470. The van der Waals surface area contributed by atoms with Gasteiger partial charge >= 0.3 is 0 Å². The van der Waals surface area contributed by atoms with Crippen molar-refractivity contribution in [1.82, 2.24) is 0 Å². The maximum absolute atomic E-state index is 12.4. The van der Waals surface area contributed by atoms with Gasteiger partial charge in [0, 0.05) is 24.5 Å². The molecule has 0 fully saturated rings. The van der Waals surface area contributed by atoms with Crippen LogP contribution in [0.4, 0.5) is 17.1 Å². The fraction of sp³-hybridized carbons (Fsp3) is 0.0556. The zero-order valence-corrected chi connectivity index (χ0v) is 15.2. The van der Waals surface area contributed by atoms with E-state index >= 15 is 0 Å². The number of nitrogen functional groups attached to an aromatic ring is 1. The van der Waals surface area contributed by atoms with Crippen LogP contribution in [0.5, 0.6) is 0 Å². The van der Waals surface area contributed by atoms with E-state index in [4.69, 9.17) is 28.9 Å². The molecule has 0 atom stereocenters. The maximum atomic E-state index is 12.4. The van der Waals surface area contributed by atoms with Gasteiger partial charge in [0.15, 0.2) is 0 Å². The van der Waals surface area contributed by atoms with Crippen LogP contribution in [0.25, 0.3) is 0 Å². The molecule has 0 saturated heterocycles. The summed E-state index contributed by atoms with van der Waals surface area (Å²) in [6.45, 7) is 1.31. The largest absolute Gasteiger partial charge is 0.399 e. The molecule has 0 aromatic heterocycles. The van der Waals surface area contributed by atoms with Crippen LogP contribution in [0.1, 0.15) is 6.92 Å². The van der Waals surface area contributed by atoms with Crippen LogP contribution >= 0.6 is 23.2 Å². The number of amides is 2. The average molecular weight is 389 g/mol. The van der Waals surface area contributed by atoms with E-state index in [1.807, 2.05) is 0 Å². The first-order valence-corrected chi connectivity index (χ1v) is 8.11. The smallest absolute Gasteiger partial charge is 0.267 e. The van der Waals surface area contributed by atoms with Gasteiger partial charge in [0.1, 0.15) is 11.6 Å². The third-order valence-corrected chi connectivity index (χ3v) is 4.03. The summed E-state index contributed by atoms with van der Waals surface area (Å²) in [5, 5.41) is 12.4. The van der Waals surface area contributed by atoms with Crippen LogP contribution in [0.15, 0.2) is 54.2 Å². The fourth-order valence-electron chi connectivity index (χ4n) is 2.06. The van der Waals surface area contributed by atoms with Gasteiger partial charge in [-0.05, 0) is 36.4 Å². The highest BCUT2D eigenvalue weighted by atomic mass is 35.5. The second-order valence-corrected chi connectivity index (χ2v) is 6.04. The van der Waals surface area contributed by atoms with Gasteiger partial charge in [-0.15, -0.1) is 0 Å². The molecule has 132 valence electrons. The minimum absolute atomic E-state index is 0.261. The summed E-state index contributed by atoms with van der Waals surface area (Å²) in [5.41, 5.74) is 6.70. The Balaban J connectivity index is 2.31. The molecule has 0 aliphatic carbocycles. The Kier molecular flexibility index (Phi) is 6.23. The Morgan fingerprint density at radius 2 is 1.92 bits per heavy atom.